The number of nitrogen functional groups attached to an aromatic ring is 1. The number of aliphatic hydroxyl groups is 1. The molecule has 0 fully saturated rings. The molecule has 0 aliphatic heterocycles. The number of rotatable bonds is 6. The van der Waals surface area contributed by atoms with Crippen molar-refractivity contribution in [2.24, 2.45) is 0 Å². The first kappa shape index (κ1) is 13.4. The van der Waals surface area contributed by atoms with Crippen LogP contribution in [0, 0.1) is 0 Å². The van der Waals surface area contributed by atoms with Crippen molar-refractivity contribution in [3.8, 4) is 0 Å². The Balaban J connectivity index is 1.75. The van der Waals surface area contributed by atoms with Crippen LogP contribution in [0.4, 0.5) is 5.82 Å². The van der Waals surface area contributed by atoms with Gasteiger partial charge in [-0.2, -0.15) is 5.10 Å². The van der Waals surface area contributed by atoms with Gasteiger partial charge < -0.3 is 10.8 Å². The predicted molar refractivity (Wildman–Crippen MR) is 75.2 cm³/mol. The third kappa shape index (κ3) is 2.82. The summed E-state index contributed by atoms with van der Waals surface area (Å²) in [5.41, 5.74) is 7.25. The van der Waals surface area contributed by atoms with Gasteiger partial charge in [0, 0.05) is 13.2 Å². The van der Waals surface area contributed by atoms with Crippen molar-refractivity contribution in [1.29, 1.82) is 0 Å². The number of unbranched alkanes of at least 4 members (excludes halogenated alkanes) is 1. The Bertz CT molecular complexity index is 734. The van der Waals surface area contributed by atoms with Gasteiger partial charge in [0.05, 0.1) is 24.3 Å². The highest BCUT2D eigenvalue weighted by atomic mass is 16.2. The Labute approximate surface area is 120 Å². The predicted octanol–water partition coefficient (Wildman–Crippen LogP) is -0.179. The van der Waals surface area contributed by atoms with E-state index in [4.69, 9.17) is 10.8 Å². The van der Waals surface area contributed by atoms with Crippen LogP contribution in [0.5, 0.6) is 0 Å². The second-order valence-electron chi connectivity index (χ2n) is 4.70. The molecule has 3 aromatic heterocycles. The molecule has 0 saturated carbocycles. The number of nitrogens with two attached hydrogens (primary N) is 1. The van der Waals surface area contributed by atoms with Gasteiger partial charge in [0.1, 0.15) is 17.8 Å². The van der Waals surface area contributed by atoms with Gasteiger partial charge in [0.15, 0.2) is 5.65 Å². The molecule has 0 radical (unpaired) electrons. The lowest BCUT2D eigenvalue weighted by atomic mass is 10.3. The zero-order valence-electron chi connectivity index (χ0n) is 11.4. The van der Waals surface area contributed by atoms with Crippen LogP contribution < -0.4 is 5.73 Å². The highest BCUT2D eigenvalue weighted by molar-refractivity contribution is 5.84. The highest BCUT2D eigenvalue weighted by Gasteiger charge is 2.09. The van der Waals surface area contributed by atoms with Gasteiger partial charge in [-0.3, -0.25) is 4.68 Å². The molecular formula is C12H16N8O. The summed E-state index contributed by atoms with van der Waals surface area (Å²) >= 11 is 0. The van der Waals surface area contributed by atoms with Crippen molar-refractivity contribution < 1.29 is 5.11 Å². The van der Waals surface area contributed by atoms with Crippen LogP contribution >= 0.6 is 0 Å². The minimum absolute atomic E-state index is 0.196. The monoisotopic (exact) mass is 288 g/mol. The molecule has 21 heavy (non-hydrogen) atoms. The molecule has 0 atom stereocenters. The molecule has 0 amide bonds. The molecule has 0 aromatic carbocycles. The lowest BCUT2D eigenvalue weighted by Gasteiger charge is -2.00. The van der Waals surface area contributed by atoms with Gasteiger partial charge in [-0.15, -0.1) is 5.10 Å². The summed E-state index contributed by atoms with van der Waals surface area (Å²) in [5, 5.41) is 21.9. The number of fused-ring (bicyclic) bond motifs is 1. The molecule has 0 spiro atoms. The highest BCUT2D eigenvalue weighted by Crippen LogP contribution is 2.16. The molecule has 0 bridgehead atoms. The maximum Gasteiger partial charge on any atom is 0.163 e. The Morgan fingerprint density at radius 3 is 3.00 bits per heavy atom. The van der Waals surface area contributed by atoms with Gasteiger partial charge in [0.2, 0.25) is 0 Å². The number of hydrogen-bond donors (Lipinski definition) is 2. The first-order valence-electron chi connectivity index (χ1n) is 6.70. The van der Waals surface area contributed by atoms with Crippen LogP contribution in [0.1, 0.15) is 18.5 Å². The van der Waals surface area contributed by atoms with E-state index in [9.17, 15) is 0 Å². The quantitative estimate of drug-likeness (QED) is 0.603. The van der Waals surface area contributed by atoms with E-state index in [0.29, 0.717) is 18.0 Å². The van der Waals surface area contributed by atoms with Crippen molar-refractivity contribution in [3.63, 3.8) is 0 Å². The van der Waals surface area contributed by atoms with E-state index >= 15 is 0 Å². The van der Waals surface area contributed by atoms with Crippen molar-refractivity contribution in [2.45, 2.75) is 25.9 Å². The molecule has 3 rings (SSSR count). The first-order chi connectivity index (χ1) is 10.3. The van der Waals surface area contributed by atoms with E-state index in [2.05, 4.69) is 25.4 Å². The van der Waals surface area contributed by atoms with Crippen LogP contribution in [-0.4, -0.2) is 46.5 Å². The van der Waals surface area contributed by atoms with Gasteiger partial charge in [-0.25, -0.2) is 14.6 Å². The van der Waals surface area contributed by atoms with E-state index in [-0.39, 0.29) is 6.61 Å². The SMILES string of the molecule is Nc1ncnc2c1cnn2Cc1cn(CCCCO)nn1. The Morgan fingerprint density at radius 2 is 2.14 bits per heavy atom. The number of aryl methyl sites for hydroxylation is 1. The molecule has 9 heteroatoms. The number of anilines is 1. The number of nitrogens with zero attached hydrogens (tertiary/aromatic N) is 7. The van der Waals surface area contributed by atoms with E-state index in [0.717, 1.165) is 30.5 Å². The second kappa shape index (κ2) is 5.83. The van der Waals surface area contributed by atoms with E-state index < -0.39 is 0 Å². The van der Waals surface area contributed by atoms with Crippen LogP contribution in [0.25, 0.3) is 11.0 Å². The normalized spacial score (nSPS) is 11.3. The number of aliphatic hydroxyl groups excluding tert-OH is 1. The van der Waals surface area contributed by atoms with Crippen molar-refractivity contribution in [2.75, 3.05) is 12.3 Å². The molecule has 0 unspecified atom stereocenters. The second-order valence-corrected chi connectivity index (χ2v) is 4.70. The topological polar surface area (TPSA) is 121 Å². The molecule has 0 aliphatic carbocycles. The summed E-state index contributed by atoms with van der Waals surface area (Å²) in [6.45, 7) is 1.41. The van der Waals surface area contributed by atoms with Crippen LogP contribution in [-0.2, 0) is 13.1 Å². The van der Waals surface area contributed by atoms with Crippen LogP contribution in [0.3, 0.4) is 0 Å². The molecule has 3 N–H and O–H groups in total. The van der Waals surface area contributed by atoms with Crippen LogP contribution in [0.2, 0.25) is 0 Å². The zero-order chi connectivity index (χ0) is 14.7. The summed E-state index contributed by atoms with van der Waals surface area (Å²) in [6, 6.07) is 0. The summed E-state index contributed by atoms with van der Waals surface area (Å²) < 4.78 is 3.48. The largest absolute Gasteiger partial charge is 0.396 e. The summed E-state index contributed by atoms with van der Waals surface area (Å²) in [5.74, 6) is 0.416. The molecule has 0 aliphatic rings. The summed E-state index contributed by atoms with van der Waals surface area (Å²) in [6.07, 6.45) is 6.57. The average molecular weight is 288 g/mol. The molecule has 110 valence electrons. The van der Waals surface area contributed by atoms with Crippen molar-refractivity contribution in [1.82, 2.24) is 34.7 Å². The van der Waals surface area contributed by atoms with Crippen LogP contribution in [0.15, 0.2) is 18.7 Å². The maximum atomic E-state index is 8.76. The number of hydrogen-bond acceptors (Lipinski definition) is 7. The fraction of sp³-hybridized carbons (Fsp3) is 0.417. The van der Waals surface area contributed by atoms with Crippen molar-refractivity contribution in [3.05, 3.63) is 24.4 Å². The third-order valence-corrected chi connectivity index (χ3v) is 3.16. The minimum Gasteiger partial charge on any atom is -0.396 e. The molecule has 3 heterocycles. The first-order valence-corrected chi connectivity index (χ1v) is 6.70. The maximum absolute atomic E-state index is 8.76. The lowest BCUT2D eigenvalue weighted by molar-refractivity contribution is 0.280. The van der Waals surface area contributed by atoms with E-state index in [1.165, 1.54) is 6.33 Å². The van der Waals surface area contributed by atoms with Gasteiger partial charge in [0.25, 0.3) is 0 Å². The average Bonchev–Trinajstić information content (AvgIpc) is 3.09. The van der Waals surface area contributed by atoms with E-state index in [1.807, 2.05) is 6.20 Å². The summed E-state index contributed by atoms with van der Waals surface area (Å²) in [7, 11) is 0. The van der Waals surface area contributed by atoms with Gasteiger partial charge in [-0.05, 0) is 12.8 Å². The molecule has 0 saturated heterocycles. The fourth-order valence-electron chi connectivity index (χ4n) is 2.09. The lowest BCUT2D eigenvalue weighted by Crippen LogP contribution is -2.03. The molecular weight excluding hydrogens is 272 g/mol. The Hall–Kier alpha value is -2.55. The molecule has 3 aromatic rings. The fourth-order valence-corrected chi connectivity index (χ4v) is 2.09. The summed E-state index contributed by atoms with van der Waals surface area (Å²) in [4.78, 5) is 8.13. The Kier molecular flexibility index (Phi) is 3.73. The number of aromatic nitrogens is 7. The zero-order valence-corrected chi connectivity index (χ0v) is 11.4. The van der Waals surface area contributed by atoms with Crippen molar-refractivity contribution >= 4 is 16.9 Å². The minimum atomic E-state index is 0.196. The smallest absolute Gasteiger partial charge is 0.163 e. The van der Waals surface area contributed by atoms with E-state index in [1.54, 1.807) is 15.6 Å². The third-order valence-electron chi connectivity index (χ3n) is 3.16. The Morgan fingerprint density at radius 1 is 1.24 bits per heavy atom. The van der Waals surface area contributed by atoms with Gasteiger partial charge >= 0.3 is 0 Å². The molecule has 9 nitrogen and oxygen atoms in total. The standard InChI is InChI=1S/C12H16N8O/c13-11-10-5-16-20(12(10)15-8-14-11)7-9-6-19(18-17-9)3-1-2-4-21/h5-6,8,21H,1-4,7H2,(H2,13,14,15). The van der Waals surface area contributed by atoms with Gasteiger partial charge in [-0.1, -0.05) is 5.21 Å².